The van der Waals surface area contributed by atoms with E-state index in [1.807, 2.05) is 0 Å². The Labute approximate surface area is 86.4 Å². The third kappa shape index (κ3) is 1.88. The van der Waals surface area contributed by atoms with Crippen LogP contribution >= 0.6 is 0 Å². The fraction of sp³-hybridized carbons (Fsp3) is 0.222. The molecule has 2 rings (SSSR count). The molecule has 0 saturated carbocycles. The second-order valence-electron chi connectivity index (χ2n) is 2.85. The van der Waals surface area contributed by atoms with Crippen molar-refractivity contribution in [3.8, 4) is 17.1 Å². The Kier molecular flexibility index (Phi) is 2.49. The van der Waals surface area contributed by atoms with Crippen LogP contribution in [-0.4, -0.2) is 32.5 Å². The normalized spacial score (nSPS) is 10.0. The summed E-state index contributed by atoms with van der Waals surface area (Å²) in [5, 5.41) is 15.5. The van der Waals surface area contributed by atoms with Crippen molar-refractivity contribution in [3.05, 3.63) is 24.3 Å². The molecule has 2 aromatic rings. The molecule has 0 N–H and O–H groups in total. The van der Waals surface area contributed by atoms with Gasteiger partial charge >= 0.3 is 0 Å². The highest BCUT2D eigenvalue weighted by atomic mass is 16.5. The Bertz CT molecular complexity index is 456. The third-order valence-electron chi connectivity index (χ3n) is 1.82. The first kappa shape index (κ1) is 9.45. The highest BCUT2D eigenvalue weighted by Crippen LogP contribution is 2.24. The van der Waals surface area contributed by atoms with E-state index in [0.29, 0.717) is 23.0 Å². The first-order valence-electron chi connectivity index (χ1n) is 4.33. The van der Waals surface area contributed by atoms with E-state index in [-0.39, 0.29) is 0 Å². The number of nitrogens with zero attached hydrogens (tertiary/aromatic N) is 5. The molecule has 0 atom stereocenters. The molecule has 15 heavy (non-hydrogen) atoms. The van der Waals surface area contributed by atoms with Crippen LogP contribution in [0.1, 0.15) is 5.82 Å². The summed E-state index contributed by atoms with van der Waals surface area (Å²) in [5.41, 5.74) is 0.681. The van der Waals surface area contributed by atoms with Gasteiger partial charge in [0.25, 0.3) is 0 Å². The van der Waals surface area contributed by atoms with Gasteiger partial charge in [0, 0.05) is 12.4 Å². The van der Waals surface area contributed by atoms with Crippen molar-refractivity contribution >= 4 is 0 Å². The van der Waals surface area contributed by atoms with Crippen molar-refractivity contribution in [2.75, 3.05) is 7.11 Å². The highest BCUT2D eigenvalue weighted by molar-refractivity contribution is 5.61. The molecule has 76 valence electrons. The van der Waals surface area contributed by atoms with Gasteiger partial charge in [0.2, 0.25) is 5.82 Å². The first-order chi connectivity index (χ1) is 7.31. The van der Waals surface area contributed by atoms with E-state index in [9.17, 15) is 0 Å². The Balaban J connectivity index is 2.49. The first-order valence-corrected chi connectivity index (χ1v) is 4.33. The largest absolute Gasteiger partial charge is 0.496 e. The predicted octanol–water partition coefficient (Wildman–Crippen LogP) is 0.646. The van der Waals surface area contributed by atoms with Gasteiger partial charge in [-0.3, -0.25) is 4.98 Å². The van der Waals surface area contributed by atoms with Crippen LogP contribution in [0.5, 0.6) is 5.75 Å². The number of methoxy groups -OCH3 is 1. The summed E-state index contributed by atoms with van der Waals surface area (Å²) in [6.45, 7) is 1.73. The van der Waals surface area contributed by atoms with Crippen LogP contribution in [0.15, 0.2) is 18.5 Å². The van der Waals surface area contributed by atoms with Crippen LogP contribution in [0.2, 0.25) is 0 Å². The molecule has 2 heterocycles. The maximum atomic E-state index is 5.15. The highest BCUT2D eigenvalue weighted by Gasteiger charge is 2.09. The molecule has 6 nitrogen and oxygen atoms in total. The van der Waals surface area contributed by atoms with Gasteiger partial charge in [-0.2, -0.15) is 0 Å². The molecular formula is C9H9N5O. The number of aromatic nitrogens is 5. The number of hydrogen-bond donors (Lipinski definition) is 0. The Hall–Kier alpha value is -2.11. The monoisotopic (exact) mass is 203 g/mol. The van der Waals surface area contributed by atoms with Crippen molar-refractivity contribution in [3.63, 3.8) is 0 Å². The summed E-state index contributed by atoms with van der Waals surface area (Å²) in [5.74, 6) is 1.59. The number of ether oxygens (including phenoxy) is 1. The number of pyridine rings is 1. The van der Waals surface area contributed by atoms with E-state index in [1.54, 1.807) is 32.5 Å². The molecule has 0 unspecified atom stereocenters. The van der Waals surface area contributed by atoms with Gasteiger partial charge < -0.3 is 4.74 Å². The maximum Gasteiger partial charge on any atom is 0.208 e. The van der Waals surface area contributed by atoms with Crippen LogP contribution in [-0.2, 0) is 0 Å². The molecule has 0 aliphatic heterocycles. The summed E-state index contributed by atoms with van der Waals surface area (Å²) in [6.07, 6.45) is 3.25. The Morgan fingerprint density at radius 1 is 1.13 bits per heavy atom. The molecule has 0 aliphatic rings. The van der Waals surface area contributed by atoms with Crippen molar-refractivity contribution < 1.29 is 4.74 Å². The molecular weight excluding hydrogens is 194 g/mol. The number of hydrogen-bond acceptors (Lipinski definition) is 6. The molecule has 6 heteroatoms. The standard InChI is InChI=1S/C9H9N5O/c1-6-11-13-9(14-12-6)7-5-10-4-3-8(7)15-2/h3-5H,1-2H3. The third-order valence-corrected chi connectivity index (χ3v) is 1.82. The second-order valence-corrected chi connectivity index (χ2v) is 2.85. The number of aryl methyl sites for hydroxylation is 1. The van der Waals surface area contributed by atoms with Gasteiger partial charge in [-0.15, -0.1) is 20.4 Å². The molecule has 0 saturated heterocycles. The predicted molar refractivity (Wildman–Crippen MR) is 52.1 cm³/mol. The van der Waals surface area contributed by atoms with Gasteiger partial charge in [-0.05, 0) is 13.0 Å². The lowest BCUT2D eigenvalue weighted by molar-refractivity contribution is 0.415. The van der Waals surface area contributed by atoms with E-state index < -0.39 is 0 Å². The van der Waals surface area contributed by atoms with Gasteiger partial charge in [0.1, 0.15) is 5.75 Å². The lowest BCUT2D eigenvalue weighted by Crippen LogP contribution is -2.00. The van der Waals surface area contributed by atoms with Gasteiger partial charge in [-0.1, -0.05) is 0 Å². The average molecular weight is 203 g/mol. The molecule has 0 radical (unpaired) electrons. The lowest BCUT2D eigenvalue weighted by Gasteiger charge is -2.04. The van der Waals surface area contributed by atoms with Crippen molar-refractivity contribution in [2.45, 2.75) is 6.92 Å². The minimum Gasteiger partial charge on any atom is -0.496 e. The van der Waals surface area contributed by atoms with E-state index in [4.69, 9.17) is 4.74 Å². The van der Waals surface area contributed by atoms with Gasteiger partial charge in [0.05, 0.1) is 12.7 Å². The summed E-state index contributed by atoms with van der Waals surface area (Å²) < 4.78 is 5.15. The van der Waals surface area contributed by atoms with E-state index >= 15 is 0 Å². The second kappa shape index (κ2) is 3.95. The Morgan fingerprint density at radius 3 is 2.53 bits per heavy atom. The zero-order valence-electron chi connectivity index (χ0n) is 8.38. The minimum absolute atomic E-state index is 0.408. The topological polar surface area (TPSA) is 73.7 Å². The molecule has 2 aromatic heterocycles. The van der Waals surface area contributed by atoms with E-state index in [1.165, 1.54) is 0 Å². The smallest absolute Gasteiger partial charge is 0.208 e. The summed E-state index contributed by atoms with van der Waals surface area (Å²) in [4.78, 5) is 3.98. The van der Waals surface area contributed by atoms with E-state index in [2.05, 4.69) is 25.4 Å². The zero-order chi connectivity index (χ0) is 10.7. The Morgan fingerprint density at radius 2 is 1.87 bits per heavy atom. The quantitative estimate of drug-likeness (QED) is 0.713. The van der Waals surface area contributed by atoms with Crippen LogP contribution < -0.4 is 4.74 Å². The SMILES string of the molecule is COc1ccncc1-c1nnc(C)nn1. The molecule has 0 bridgehead atoms. The zero-order valence-corrected chi connectivity index (χ0v) is 8.38. The fourth-order valence-corrected chi connectivity index (χ4v) is 1.11. The fourth-order valence-electron chi connectivity index (χ4n) is 1.11. The summed E-state index contributed by atoms with van der Waals surface area (Å²) >= 11 is 0. The summed E-state index contributed by atoms with van der Waals surface area (Å²) in [7, 11) is 1.58. The van der Waals surface area contributed by atoms with Crippen LogP contribution in [0.25, 0.3) is 11.4 Å². The maximum absolute atomic E-state index is 5.15. The lowest BCUT2D eigenvalue weighted by atomic mass is 10.2. The molecule has 0 fully saturated rings. The van der Waals surface area contributed by atoms with Crippen molar-refractivity contribution in [1.82, 2.24) is 25.4 Å². The van der Waals surface area contributed by atoms with Crippen LogP contribution in [0.4, 0.5) is 0 Å². The van der Waals surface area contributed by atoms with E-state index in [0.717, 1.165) is 0 Å². The average Bonchev–Trinajstić information content (AvgIpc) is 2.30. The molecule has 0 aromatic carbocycles. The van der Waals surface area contributed by atoms with Crippen LogP contribution in [0, 0.1) is 6.92 Å². The molecule has 0 aliphatic carbocycles. The molecule has 0 amide bonds. The van der Waals surface area contributed by atoms with Crippen molar-refractivity contribution in [1.29, 1.82) is 0 Å². The van der Waals surface area contributed by atoms with Crippen LogP contribution in [0.3, 0.4) is 0 Å². The van der Waals surface area contributed by atoms with Crippen molar-refractivity contribution in [2.24, 2.45) is 0 Å². The van der Waals surface area contributed by atoms with Gasteiger partial charge in [-0.25, -0.2) is 0 Å². The number of rotatable bonds is 2. The van der Waals surface area contributed by atoms with Gasteiger partial charge in [0.15, 0.2) is 5.82 Å². The minimum atomic E-state index is 0.408. The molecule has 0 spiro atoms. The summed E-state index contributed by atoms with van der Waals surface area (Å²) in [6, 6.07) is 1.73.